The summed E-state index contributed by atoms with van der Waals surface area (Å²) < 4.78 is 5.43. The van der Waals surface area contributed by atoms with Crippen LogP contribution >= 0.6 is 0 Å². The predicted molar refractivity (Wildman–Crippen MR) is 110 cm³/mol. The summed E-state index contributed by atoms with van der Waals surface area (Å²) in [5, 5.41) is 11.4. The van der Waals surface area contributed by atoms with Crippen LogP contribution in [0.1, 0.15) is 26.3 Å². The molecule has 1 saturated heterocycles. The average Bonchev–Trinajstić information content (AvgIpc) is 2.51. The first-order valence-corrected chi connectivity index (χ1v) is 13.1. The molecule has 1 aromatic rings. The number of benzene rings is 1. The number of nitro groups is 1. The zero-order chi connectivity index (χ0) is 20.4. The monoisotopic (exact) mass is 393 g/mol. The lowest BCUT2D eigenvalue weighted by molar-refractivity contribution is -0.385. The summed E-state index contributed by atoms with van der Waals surface area (Å²) in [6.45, 7) is 14.7. The van der Waals surface area contributed by atoms with E-state index in [2.05, 4.69) is 24.5 Å². The third-order valence-corrected chi connectivity index (χ3v) is 5.72. The Hall–Kier alpha value is -2.09. The van der Waals surface area contributed by atoms with Crippen molar-refractivity contribution in [2.45, 2.75) is 52.1 Å². The number of hydrogen-bond donors (Lipinski definition) is 0. The Bertz CT molecular complexity index is 702. The van der Waals surface area contributed by atoms with Crippen LogP contribution in [0.4, 0.5) is 16.2 Å². The molecule has 1 heterocycles. The number of anilines is 1. The van der Waals surface area contributed by atoms with Crippen molar-refractivity contribution in [3.63, 3.8) is 0 Å². The second-order valence-corrected chi connectivity index (χ2v) is 14.7. The molecule has 0 aliphatic carbocycles. The molecule has 0 N–H and O–H groups in total. The number of nitro benzene ring substituents is 1. The molecular formula is C19H31N3O4Si. The Morgan fingerprint density at radius 2 is 1.78 bits per heavy atom. The predicted octanol–water partition coefficient (Wildman–Crippen LogP) is 4.07. The first kappa shape index (κ1) is 21.2. The van der Waals surface area contributed by atoms with E-state index < -0.39 is 13.7 Å². The maximum absolute atomic E-state index is 12.2. The lowest BCUT2D eigenvalue weighted by atomic mass is 10.1. The minimum atomic E-state index is -1.49. The van der Waals surface area contributed by atoms with Crippen LogP contribution < -0.4 is 4.90 Å². The summed E-state index contributed by atoms with van der Waals surface area (Å²) in [5.74, 6) is 0. The van der Waals surface area contributed by atoms with Crippen LogP contribution in [0.15, 0.2) is 18.2 Å². The molecule has 0 aromatic heterocycles. The van der Waals surface area contributed by atoms with Gasteiger partial charge in [-0.2, -0.15) is 0 Å². The Labute approximate surface area is 162 Å². The van der Waals surface area contributed by atoms with Gasteiger partial charge in [-0.05, 0) is 38.9 Å². The number of carbonyl (C=O) groups excluding carboxylic acids is 1. The second kappa shape index (κ2) is 7.88. The number of amides is 1. The molecule has 0 unspecified atom stereocenters. The van der Waals surface area contributed by atoms with Gasteiger partial charge in [0.25, 0.3) is 5.69 Å². The van der Waals surface area contributed by atoms with E-state index in [1.165, 1.54) is 0 Å². The molecular weight excluding hydrogens is 362 g/mol. The molecule has 0 saturated carbocycles. The summed E-state index contributed by atoms with van der Waals surface area (Å²) in [7, 11) is -1.49. The zero-order valence-electron chi connectivity index (χ0n) is 17.2. The quantitative estimate of drug-likeness (QED) is 0.438. The van der Waals surface area contributed by atoms with E-state index in [-0.39, 0.29) is 16.7 Å². The van der Waals surface area contributed by atoms with E-state index in [4.69, 9.17) is 4.74 Å². The first-order chi connectivity index (χ1) is 12.4. The van der Waals surface area contributed by atoms with Crippen LogP contribution in [0.5, 0.6) is 0 Å². The van der Waals surface area contributed by atoms with Crippen molar-refractivity contribution in [3.05, 3.63) is 33.9 Å². The Morgan fingerprint density at radius 1 is 1.19 bits per heavy atom. The summed E-state index contributed by atoms with van der Waals surface area (Å²) in [4.78, 5) is 27.2. The summed E-state index contributed by atoms with van der Waals surface area (Å²) in [6, 6.07) is 6.16. The zero-order valence-corrected chi connectivity index (χ0v) is 18.2. The molecule has 1 fully saturated rings. The van der Waals surface area contributed by atoms with Gasteiger partial charge in [0.05, 0.1) is 4.92 Å². The molecule has 1 aromatic carbocycles. The van der Waals surface area contributed by atoms with Gasteiger partial charge in [0.1, 0.15) is 5.60 Å². The van der Waals surface area contributed by atoms with Gasteiger partial charge in [0.2, 0.25) is 0 Å². The number of nitrogens with zero attached hydrogens (tertiary/aromatic N) is 3. The van der Waals surface area contributed by atoms with Gasteiger partial charge in [-0.1, -0.05) is 19.6 Å². The molecule has 1 aliphatic heterocycles. The van der Waals surface area contributed by atoms with Crippen LogP contribution in [-0.4, -0.2) is 55.8 Å². The van der Waals surface area contributed by atoms with Crippen LogP contribution in [0.3, 0.4) is 0 Å². The third kappa shape index (κ3) is 6.23. The fraction of sp³-hybridized carbons (Fsp3) is 0.632. The Balaban J connectivity index is 2.10. The lowest BCUT2D eigenvalue weighted by Gasteiger charge is -2.37. The lowest BCUT2D eigenvalue weighted by Crippen LogP contribution is -2.50. The van der Waals surface area contributed by atoms with E-state index in [0.29, 0.717) is 26.2 Å². The molecule has 0 atom stereocenters. The highest BCUT2D eigenvalue weighted by Crippen LogP contribution is 2.28. The van der Waals surface area contributed by atoms with Crippen LogP contribution in [0.2, 0.25) is 19.6 Å². The third-order valence-electron chi connectivity index (χ3n) is 4.28. The molecule has 0 radical (unpaired) electrons. The second-order valence-electron chi connectivity index (χ2n) is 9.26. The molecule has 0 spiro atoms. The Kier molecular flexibility index (Phi) is 6.19. The van der Waals surface area contributed by atoms with Crippen LogP contribution in [0, 0.1) is 10.1 Å². The summed E-state index contributed by atoms with van der Waals surface area (Å²) in [5.41, 5.74) is 1.50. The maximum atomic E-state index is 12.2. The van der Waals surface area contributed by atoms with Crippen LogP contribution in [0.25, 0.3) is 0 Å². The van der Waals surface area contributed by atoms with Crippen molar-refractivity contribution in [2.24, 2.45) is 0 Å². The van der Waals surface area contributed by atoms with E-state index in [1.807, 2.05) is 32.9 Å². The van der Waals surface area contributed by atoms with Crippen molar-refractivity contribution in [1.29, 1.82) is 0 Å². The fourth-order valence-corrected chi connectivity index (χ4v) is 4.56. The molecule has 0 bridgehead atoms. The largest absolute Gasteiger partial charge is 0.444 e. The van der Waals surface area contributed by atoms with E-state index in [9.17, 15) is 14.9 Å². The highest BCUT2D eigenvalue weighted by molar-refractivity contribution is 6.75. The van der Waals surface area contributed by atoms with Gasteiger partial charge < -0.3 is 14.5 Å². The number of ether oxygens (including phenoxy) is 1. The molecule has 27 heavy (non-hydrogen) atoms. The highest BCUT2D eigenvalue weighted by atomic mass is 28.3. The highest BCUT2D eigenvalue weighted by Gasteiger charge is 2.27. The van der Waals surface area contributed by atoms with E-state index >= 15 is 0 Å². The average molecular weight is 394 g/mol. The SMILES string of the molecule is CC(C)(C)OC(=O)N1CCN(c2ccc([N+](=O)[O-])c(C[Si](C)(C)C)c2)CC1. The maximum Gasteiger partial charge on any atom is 0.410 e. The van der Waals surface area contributed by atoms with Gasteiger partial charge in [-0.25, -0.2) is 4.79 Å². The molecule has 1 amide bonds. The topological polar surface area (TPSA) is 75.9 Å². The van der Waals surface area contributed by atoms with E-state index in [1.54, 1.807) is 11.0 Å². The van der Waals surface area contributed by atoms with Gasteiger partial charge in [0, 0.05) is 51.6 Å². The number of rotatable bonds is 4. The van der Waals surface area contributed by atoms with Gasteiger partial charge in [-0.3, -0.25) is 10.1 Å². The fourth-order valence-electron chi connectivity index (χ4n) is 3.13. The number of hydrogen-bond acceptors (Lipinski definition) is 5. The van der Waals surface area contributed by atoms with Crippen LogP contribution in [-0.2, 0) is 10.8 Å². The number of carbonyl (C=O) groups is 1. The smallest absolute Gasteiger partial charge is 0.410 e. The number of piperazine rings is 1. The molecule has 2 rings (SSSR count). The molecule has 7 nitrogen and oxygen atoms in total. The Morgan fingerprint density at radius 3 is 2.26 bits per heavy atom. The van der Waals surface area contributed by atoms with Crippen molar-refractivity contribution in [1.82, 2.24) is 4.90 Å². The molecule has 150 valence electrons. The van der Waals surface area contributed by atoms with Crippen molar-refractivity contribution >= 4 is 25.5 Å². The minimum absolute atomic E-state index is 0.202. The van der Waals surface area contributed by atoms with Crippen molar-refractivity contribution in [2.75, 3.05) is 31.1 Å². The summed E-state index contributed by atoms with van der Waals surface area (Å²) in [6.07, 6.45) is -0.287. The summed E-state index contributed by atoms with van der Waals surface area (Å²) >= 11 is 0. The van der Waals surface area contributed by atoms with Crippen molar-refractivity contribution in [3.8, 4) is 0 Å². The molecule has 8 heteroatoms. The van der Waals surface area contributed by atoms with Gasteiger partial charge in [0.15, 0.2) is 0 Å². The standard InChI is InChI=1S/C19H31N3O4Si/c1-19(2,3)26-18(23)21-11-9-20(10-12-21)16-7-8-17(22(24)25)15(13-16)14-27(4,5)6/h7-8,13H,9-12,14H2,1-6H3. The van der Waals surface area contributed by atoms with Crippen molar-refractivity contribution < 1.29 is 14.5 Å². The van der Waals surface area contributed by atoms with Gasteiger partial charge >= 0.3 is 6.09 Å². The molecule has 1 aliphatic rings. The van der Waals surface area contributed by atoms with Gasteiger partial charge in [-0.15, -0.1) is 0 Å². The first-order valence-electron chi connectivity index (χ1n) is 9.36. The normalized spacial score (nSPS) is 15.6. The minimum Gasteiger partial charge on any atom is -0.444 e. The van der Waals surface area contributed by atoms with E-state index in [0.717, 1.165) is 17.3 Å².